The second kappa shape index (κ2) is 9.85. The topological polar surface area (TPSA) is 78.4 Å². The third kappa shape index (κ3) is 9.76. The number of halogens is 2. The Kier molecular flexibility index (Phi) is 8.15. The molecular weight excluding hydrogens is 318 g/mol. The Morgan fingerprint density at radius 2 is 1.92 bits per heavy atom. The van der Waals surface area contributed by atoms with E-state index in [1.54, 1.807) is 0 Å². The summed E-state index contributed by atoms with van der Waals surface area (Å²) in [6.45, 7) is 0.987. The first-order chi connectivity index (χ1) is 11.3. The highest BCUT2D eigenvalue weighted by molar-refractivity contribution is 5.74. The van der Waals surface area contributed by atoms with E-state index in [9.17, 15) is 18.4 Å². The number of alkyl halides is 2. The van der Waals surface area contributed by atoms with Gasteiger partial charge in [-0.15, -0.1) is 0 Å². The number of urea groups is 1. The van der Waals surface area contributed by atoms with Crippen molar-refractivity contribution < 1.29 is 23.5 Å². The number of carbonyl (C=O) groups excluding carboxylic acids is 1. The second-order valence-electron chi connectivity index (χ2n) is 5.89. The van der Waals surface area contributed by atoms with Gasteiger partial charge in [-0.2, -0.15) is 0 Å². The van der Waals surface area contributed by atoms with Crippen LogP contribution in [0.5, 0.6) is 0 Å². The van der Waals surface area contributed by atoms with Gasteiger partial charge < -0.3 is 15.7 Å². The number of hydrogen-bond donors (Lipinski definition) is 3. The van der Waals surface area contributed by atoms with Crippen molar-refractivity contribution in [2.75, 3.05) is 6.54 Å². The van der Waals surface area contributed by atoms with Crippen LogP contribution < -0.4 is 10.6 Å². The highest BCUT2D eigenvalue weighted by Crippen LogP contribution is 2.17. The number of carboxylic acids is 1. The largest absolute Gasteiger partial charge is 0.481 e. The van der Waals surface area contributed by atoms with Crippen LogP contribution in [-0.4, -0.2) is 35.6 Å². The summed E-state index contributed by atoms with van der Waals surface area (Å²) in [5.41, 5.74) is 0.985. The molecule has 0 heterocycles. The highest BCUT2D eigenvalue weighted by atomic mass is 19.3. The Labute approximate surface area is 140 Å². The fourth-order valence-corrected chi connectivity index (χ4v) is 2.26. The first-order valence-corrected chi connectivity index (χ1v) is 7.94. The average molecular weight is 342 g/mol. The molecule has 0 bridgehead atoms. The number of nitrogens with one attached hydrogen (secondary N) is 2. The quantitative estimate of drug-likeness (QED) is 0.571. The molecule has 1 rings (SSSR count). The molecule has 3 N–H and O–H groups in total. The molecule has 0 radical (unpaired) electrons. The summed E-state index contributed by atoms with van der Waals surface area (Å²) in [7, 11) is 0. The van der Waals surface area contributed by atoms with E-state index in [-0.39, 0.29) is 31.8 Å². The second-order valence-corrected chi connectivity index (χ2v) is 5.89. The lowest BCUT2D eigenvalue weighted by Crippen LogP contribution is -2.43. The van der Waals surface area contributed by atoms with E-state index in [2.05, 4.69) is 10.6 Å². The van der Waals surface area contributed by atoms with Gasteiger partial charge in [-0.3, -0.25) is 4.79 Å². The number of hydrogen-bond acceptors (Lipinski definition) is 2. The fraction of sp³-hybridized carbons (Fsp3) is 0.529. The molecule has 5 nitrogen and oxygen atoms in total. The van der Waals surface area contributed by atoms with Gasteiger partial charge in [0.15, 0.2) is 0 Å². The number of benzene rings is 1. The molecule has 0 aliphatic rings. The fourth-order valence-electron chi connectivity index (χ4n) is 2.26. The van der Waals surface area contributed by atoms with Gasteiger partial charge in [-0.05, 0) is 31.7 Å². The third-order valence-corrected chi connectivity index (χ3v) is 3.44. The summed E-state index contributed by atoms with van der Waals surface area (Å²) in [4.78, 5) is 22.6. The molecule has 0 aliphatic heterocycles. The minimum atomic E-state index is -2.74. The zero-order valence-electron chi connectivity index (χ0n) is 13.7. The Morgan fingerprint density at radius 1 is 1.25 bits per heavy atom. The van der Waals surface area contributed by atoms with Crippen molar-refractivity contribution in [1.29, 1.82) is 0 Å². The summed E-state index contributed by atoms with van der Waals surface area (Å²) in [6, 6.07) is 8.60. The molecule has 0 saturated heterocycles. The minimum Gasteiger partial charge on any atom is -0.481 e. The summed E-state index contributed by atoms with van der Waals surface area (Å²) in [5.74, 6) is -3.67. The van der Waals surface area contributed by atoms with Crippen LogP contribution in [-0.2, 0) is 11.2 Å². The van der Waals surface area contributed by atoms with Crippen LogP contribution in [0.3, 0.4) is 0 Å². The predicted octanol–water partition coefficient (Wildman–Crippen LogP) is 3.20. The van der Waals surface area contributed by atoms with Crippen molar-refractivity contribution in [3.05, 3.63) is 35.9 Å². The maximum absolute atomic E-state index is 12.7. The lowest BCUT2D eigenvalue weighted by Gasteiger charge is -2.19. The molecule has 0 aromatic heterocycles. The zero-order valence-corrected chi connectivity index (χ0v) is 13.7. The molecule has 1 aromatic carbocycles. The normalized spacial score (nSPS) is 12.5. The molecule has 7 heteroatoms. The minimum absolute atomic E-state index is 0.0557. The molecule has 2 amide bonds. The molecular formula is C17H24F2N2O3. The van der Waals surface area contributed by atoms with Gasteiger partial charge in [0, 0.05) is 25.4 Å². The molecule has 134 valence electrons. The summed E-state index contributed by atoms with van der Waals surface area (Å²) in [5, 5.41) is 14.1. The van der Waals surface area contributed by atoms with Crippen LogP contribution >= 0.6 is 0 Å². The number of rotatable bonds is 10. The van der Waals surface area contributed by atoms with E-state index in [4.69, 9.17) is 5.11 Å². The summed E-state index contributed by atoms with van der Waals surface area (Å²) >= 11 is 0. The van der Waals surface area contributed by atoms with Gasteiger partial charge in [-0.1, -0.05) is 30.3 Å². The van der Waals surface area contributed by atoms with Crippen molar-refractivity contribution >= 4 is 12.0 Å². The number of carbonyl (C=O) groups is 2. The van der Waals surface area contributed by atoms with Crippen LogP contribution in [0, 0.1) is 0 Å². The van der Waals surface area contributed by atoms with Gasteiger partial charge in [0.25, 0.3) is 0 Å². The van der Waals surface area contributed by atoms with Crippen molar-refractivity contribution in [2.45, 2.75) is 51.0 Å². The SMILES string of the molecule is CC(F)(F)CCCNC(=O)NC(CCC(=O)O)Cc1ccccc1. The van der Waals surface area contributed by atoms with Gasteiger partial charge >= 0.3 is 12.0 Å². The van der Waals surface area contributed by atoms with E-state index < -0.39 is 17.9 Å². The predicted molar refractivity (Wildman–Crippen MR) is 87.2 cm³/mol. The van der Waals surface area contributed by atoms with Gasteiger partial charge in [0.1, 0.15) is 0 Å². The molecule has 0 saturated carbocycles. The summed E-state index contributed by atoms with van der Waals surface area (Å²) < 4.78 is 25.4. The van der Waals surface area contributed by atoms with Crippen LogP contribution in [0.15, 0.2) is 30.3 Å². The third-order valence-electron chi connectivity index (χ3n) is 3.44. The van der Waals surface area contributed by atoms with E-state index in [1.165, 1.54) is 0 Å². The standard InChI is InChI=1S/C17H24F2N2O3/c1-17(18,19)10-5-11-20-16(24)21-14(8-9-15(22)23)12-13-6-3-2-4-7-13/h2-4,6-7,14H,5,8-12H2,1H3,(H,22,23)(H2,20,21,24). The number of amides is 2. The molecule has 24 heavy (non-hydrogen) atoms. The van der Waals surface area contributed by atoms with Crippen molar-refractivity contribution in [2.24, 2.45) is 0 Å². The van der Waals surface area contributed by atoms with Gasteiger partial charge in [-0.25, -0.2) is 13.6 Å². The maximum atomic E-state index is 12.7. The summed E-state index contributed by atoms with van der Waals surface area (Å²) in [6.07, 6.45) is 0.633. The monoisotopic (exact) mass is 342 g/mol. The maximum Gasteiger partial charge on any atom is 0.315 e. The van der Waals surface area contributed by atoms with Gasteiger partial charge in [0.05, 0.1) is 0 Å². The van der Waals surface area contributed by atoms with Gasteiger partial charge in [0.2, 0.25) is 5.92 Å². The molecule has 1 aromatic rings. The average Bonchev–Trinajstić information content (AvgIpc) is 2.49. The lowest BCUT2D eigenvalue weighted by atomic mass is 10.0. The Bertz CT molecular complexity index is 518. The first-order valence-electron chi connectivity index (χ1n) is 7.94. The van der Waals surface area contributed by atoms with Crippen LogP contribution in [0.25, 0.3) is 0 Å². The lowest BCUT2D eigenvalue weighted by molar-refractivity contribution is -0.137. The molecule has 1 atom stereocenters. The van der Waals surface area contributed by atoms with E-state index in [0.717, 1.165) is 12.5 Å². The number of carboxylic acid groups (broad SMARTS) is 1. The Morgan fingerprint density at radius 3 is 2.50 bits per heavy atom. The van der Waals surface area contributed by atoms with Crippen molar-refractivity contribution in [3.63, 3.8) is 0 Å². The van der Waals surface area contributed by atoms with E-state index >= 15 is 0 Å². The van der Waals surface area contributed by atoms with Crippen LogP contribution in [0.2, 0.25) is 0 Å². The van der Waals surface area contributed by atoms with Crippen LogP contribution in [0.4, 0.5) is 13.6 Å². The molecule has 1 unspecified atom stereocenters. The van der Waals surface area contributed by atoms with Crippen molar-refractivity contribution in [1.82, 2.24) is 10.6 Å². The molecule has 0 fully saturated rings. The molecule has 0 aliphatic carbocycles. The Balaban J connectivity index is 2.45. The van der Waals surface area contributed by atoms with Crippen molar-refractivity contribution in [3.8, 4) is 0 Å². The molecule has 0 spiro atoms. The highest BCUT2D eigenvalue weighted by Gasteiger charge is 2.20. The van der Waals surface area contributed by atoms with Crippen LogP contribution in [0.1, 0.15) is 38.2 Å². The smallest absolute Gasteiger partial charge is 0.315 e. The zero-order chi connectivity index (χ0) is 18.0. The van der Waals surface area contributed by atoms with E-state index in [1.807, 2.05) is 30.3 Å². The Hall–Kier alpha value is -2.18. The van der Waals surface area contributed by atoms with E-state index in [0.29, 0.717) is 12.8 Å². The number of aliphatic carboxylic acids is 1. The first kappa shape index (κ1) is 19.9.